The normalized spacial score (nSPS) is 34.6. The van der Waals surface area contributed by atoms with Gasteiger partial charge in [0.2, 0.25) is 0 Å². The molecule has 0 aromatic rings. The predicted molar refractivity (Wildman–Crippen MR) is 83.3 cm³/mol. The highest BCUT2D eigenvalue weighted by Gasteiger charge is 2.49. The van der Waals surface area contributed by atoms with Gasteiger partial charge in [-0.1, -0.05) is 26.2 Å². The third kappa shape index (κ3) is 3.98. The molecule has 4 heteroatoms. The molecule has 1 aliphatic heterocycles. The molecule has 0 amide bonds. The number of carbonyl (C=O) groups excluding carboxylic acids is 1. The number of esters is 1. The molecule has 2 atom stereocenters. The molecule has 4 nitrogen and oxygen atoms in total. The molecule has 0 spiro atoms. The van der Waals surface area contributed by atoms with Gasteiger partial charge < -0.3 is 9.47 Å². The van der Waals surface area contributed by atoms with Gasteiger partial charge in [0, 0.05) is 19.1 Å². The topological polar surface area (TPSA) is 47.6 Å². The average Bonchev–Trinajstić information content (AvgIpc) is 2.48. The summed E-state index contributed by atoms with van der Waals surface area (Å²) in [6.45, 7) is 7.19. The zero-order valence-electron chi connectivity index (χ0n) is 13.9. The van der Waals surface area contributed by atoms with Crippen molar-refractivity contribution in [1.29, 1.82) is 0 Å². The van der Waals surface area contributed by atoms with E-state index < -0.39 is 5.54 Å². The second kappa shape index (κ2) is 7.10. The van der Waals surface area contributed by atoms with Gasteiger partial charge in [0.25, 0.3) is 0 Å². The predicted octanol–water partition coefficient (Wildman–Crippen LogP) is 3.19. The van der Waals surface area contributed by atoms with Gasteiger partial charge in [-0.15, -0.1) is 0 Å². The highest BCUT2D eigenvalue weighted by Crippen LogP contribution is 2.36. The maximum atomic E-state index is 12.7. The molecule has 21 heavy (non-hydrogen) atoms. The molecule has 2 rings (SSSR count). The van der Waals surface area contributed by atoms with Crippen molar-refractivity contribution >= 4 is 5.97 Å². The van der Waals surface area contributed by atoms with E-state index in [1.807, 2.05) is 6.92 Å². The number of nitrogens with one attached hydrogen (secondary N) is 1. The Morgan fingerprint density at radius 3 is 2.62 bits per heavy atom. The molecule has 1 heterocycles. The Labute approximate surface area is 129 Å². The zero-order valence-corrected chi connectivity index (χ0v) is 13.9. The van der Waals surface area contributed by atoms with Gasteiger partial charge in [-0.3, -0.25) is 10.1 Å². The van der Waals surface area contributed by atoms with E-state index in [2.05, 4.69) is 19.2 Å². The van der Waals surface area contributed by atoms with Crippen molar-refractivity contribution in [2.24, 2.45) is 0 Å². The van der Waals surface area contributed by atoms with Crippen molar-refractivity contribution in [3.05, 3.63) is 0 Å². The summed E-state index contributed by atoms with van der Waals surface area (Å²) in [5, 5.41) is 3.69. The van der Waals surface area contributed by atoms with E-state index in [1.54, 1.807) is 0 Å². The second-order valence-corrected chi connectivity index (χ2v) is 6.86. The Balaban J connectivity index is 2.15. The number of hydrogen-bond donors (Lipinski definition) is 1. The van der Waals surface area contributed by atoms with Crippen molar-refractivity contribution in [1.82, 2.24) is 5.32 Å². The summed E-state index contributed by atoms with van der Waals surface area (Å²) in [4.78, 5) is 12.7. The lowest BCUT2D eigenvalue weighted by molar-refractivity contribution is -0.167. The number of carbonyl (C=O) groups is 1. The van der Waals surface area contributed by atoms with Gasteiger partial charge >= 0.3 is 5.97 Å². The van der Waals surface area contributed by atoms with Gasteiger partial charge in [-0.25, -0.2) is 0 Å². The van der Waals surface area contributed by atoms with Crippen LogP contribution in [0.4, 0.5) is 0 Å². The second-order valence-electron chi connectivity index (χ2n) is 6.86. The quantitative estimate of drug-likeness (QED) is 0.792. The van der Waals surface area contributed by atoms with Crippen molar-refractivity contribution in [2.45, 2.75) is 89.3 Å². The Hall–Kier alpha value is -0.610. The van der Waals surface area contributed by atoms with Gasteiger partial charge in [-0.2, -0.15) is 0 Å². The first kappa shape index (κ1) is 16.8. The Bertz CT molecular complexity index is 354. The highest BCUT2D eigenvalue weighted by molar-refractivity contribution is 5.81. The lowest BCUT2D eigenvalue weighted by Gasteiger charge is -2.46. The van der Waals surface area contributed by atoms with Crippen molar-refractivity contribution < 1.29 is 14.3 Å². The fraction of sp³-hybridized carbons (Fsp3) is 0.941. The summed E-state index contributed by atoms with van der Waals surface area (Å²) in [5.74, 6) is -0.0847. The van der Waals surface area contributed by atoms with Crippen molar-refractivity contribution in [3.8, 4) is 0 Å². The van der Waals surface area contributed by atoms with Gasteiger partial charge in [-0.05, 0) is 39.5 Å². The standard InChI is InChI=1S/C17H31NO3/c1-4-16(3)13-17(11-12-21-16,15(19)20-5-2)18-14-9-7-6-8-10-14/h14,18H,4-13H2,1-3H3. The van der Waals surface area contributed by atoms with Crippen LogP contribution in [0, 0.1) is 0 Å². The third-order valence-corrected chi connectivity index (χ3v) is 5.15. The summed E-state index contributed by atoms with van der Waals surface area (Å²) in [7, 11) is 0. The fourth-order valence-electron chi connectivity index (χ4n) is 3.74. The van der Waals surface area contributed by atoms with Gasteiger partial charge in [0.15, 0.2) is 0 Å². The van der Waals surface area contributed by atoms with E-state index in [4.69, 9.17) is 9.47 Å². The molecule has 0 bridgehead atoms. The molecule has 122 valence electrons. The van der Waals surface area contributed by atoms with E-state index in [0.717, 1.165) is 12.8 Å². The molecule has 1 N–H and O–H groups in total. The molecular weight excluding hydrogens is 266 g/mol. The zero-order chi connectivity index (χ0) is 15.3. The van der Waals surface area contributed by atoms with Crippen LogP contribution < -0.4 is 5.32 Å². The minimum atomic E-state index is -0.555. The maximum Gasteiger partial charge on any atom is 0.326 e. The Morgan fingerprint density at radius 1 is 1.29 bits per heavy atom. The van der Waals surface area contributed by atoms with Crippen molar-refractivity contribution in [3.63, 3.8) is 0 Å². The molecule has 2 unspecified atom stereocenters. The molecule has 0 aromatic carbocycles. The van der Waals surface area contributed by atoms with E-state index in [9.17, 15) is 4.79 Å². The van der Waals surface area contributed by atoms with E-state index in [0.29, 0.717) is 25.7 Å². The van der Waals surface area contributed by atoms with Crippen LogP contribution in [0.3, 0.4) is 0 Å². The summed E-state index contributed by atoms with van der Waals surface area (Å²) >= 11 is 0. The molecule has 1 aliphatic carbocycles. The lowest BCUT2D eigenvalue weighted by Crippen LogP contribution is -2.63. The number of hydrogen-bond acceptors (Lipinski definition) is 4. The largest absolute Gasteiger partial charge is 0.465 e. The SMILES string of the molecule is CCOC(=O)C1(NC2CCCCC2)CCOC(C)(CC)C1. The van der Waals surface area contributed by atoms with Crippen molar-refractivity contribution in [2.75, 3.05) is 13.2 Å². The minimum absolute atomic E-state index is 0.0847. The highest BCUT2D eigenvalue weighted by atomic mass is 16.5. The summed E-state index contributed by atoms with van der Waals surface area (Å²) in [6, 6.07) is 0.447. The third-order valence-electron chi connectivity index (χ3n) is 5.15. The lowest BCUT2D eigenvalue weighted by atomic mass is 9.77. The van der Waals surface area contributed by atoms with E-state index in [1.165, 1.54) is 32.1 Å². The molecular formula is C17H31NO3. The summed E-state index contributed by atoms with van der Waals surface area (Å²) < 4.78 is 11.3. The molecule has 1 saturated carbocycles. The van der Waals surface area contributed by atoms with Crippen LogP contribution in [-0.2, 0) is 14.3 Å². The first-order valence-electron chi connectivity index (χ1n) is 8.62. The van der Waals surface area contributed by atoms with Gasteiger partial charge in [0.1, 0.15) is 5.54 Å². The van der Waals surface area contributed by atoms with E-state index in [-0.39, 0.29) is 11.6 Å². The van der Waals surface area contributed by atoms with Crippen LogP contribution in [0.1, 0.15) is 72.1 Å². The molecule has 1 saturated heterocycles. The molecule has 2 aliphatic rings. The first-order valence-corrected chi connectivity index (χ1v) is 8.62. The Kier molecular flexibility index (Phi) is 5.67. The van der Waals surface area contributed by atoms with Gasteiger partial charge in [0.05, 0.1) is 12.2 Å². The summed E-state index contributed by atoms with van der Waals surface area (Å²) in [5.41, 5.74) is -0.784. The van der Waals surface area contributed by atoms with E-state index >= 15 is 0 Å². The van der Waals surface area contributed by atoms with Crippen LogP contribution in [0.5, 0.6) is 0 Å². The Morgan fingerprint density at radius 2 is 2.00 bits per heavy atom. The summed E-state index contributed by atoms with van der Waals surface area (Å²) in [6.07, 6.45) is 8.54. The monoisotopic (exact) mass is 297 g/mol. The van der Waals surface area contributed by atoms with Crippen LogP contribution in [-0.4, -0.2) is 36.4 Å². The van der Waals surface area contributed by atoms with Crippen LogP contribution in [0.2, 0.25) is 0 Å². The molecule has 2 fully saturated rings. The maximum absolute atomic E-state index is 12.7. The first-order chi connectivity index (χ1) is 10.0. The van der Waals surface area contributed by atoms with Crippen LogP contribution in [0.25, 0.3) is 0 Å². The minimum Gasteiger partial charge on any atom is -0.465 e. The number of ether oxygens (including phenoxy) is 2. The van der Waals surface area contributed by atoms with Crippen LogP contribution in [0.15, 0.2) is 0 Å². The number of rotatable bonds is 5. The average molecular weight is 297 g/mol. The molecule has 0 aromatic heterocycles. The fourth-order valence-corrected chi connectivity index (χ4v) is 3.74. The molecule has 0 radical (unpaired) electrons. The smallest absolute Gasteiger partial charge is 0.326 e. The van der Waals surface area contributed by atoms with Crippen LogP contribution >= 0.6 is 0 Å².